The van der Waals surface area contributed by atoms with E-state index >= 15 is 0 Å². The number of aromatic nitrogens is 1. The Bertz CT molecular complexity index is 636. The highest BCUT2D eigenvalue weighted by Crippen LogP contribution is 2.27. The third kappa shape index (κ3) is 3.54. The van der Waals surface area contributed by atoms with E-state index in [1.807, 2.05) is 0 Å². The molecule has 0 aliphatic carbocycles. The van der Waals surface area contributed by atoms with Gasteiger partial charge in [0.25, 0.3) is 0 Å². The normalized spacial score (nSPS) is 10.7. The van der Waals surface area contributed by atoms with Gasteiger partial charge in [-0.25, -0.2) is 9.78 Å². The van der Waals surface area contributed by atoms with Crippen molar-refractivity contribution in [1.82, 2.24) is 4.98 Å². The van der Waals surface area contributed by atoms with Gasteiger partial charge in [-0.15, -0.1) is 0 Å². The molecule has 1 amide bonds. The van der Waals surface area contributed by atoms with Crippen molar-refractivity contribution in [2.45, 2.75) is 32.6 Å². The Labute approximate surface area is 120 Å². The molecular weight excluding hydrogens is 276 g/mol. The second kappa shape index (κ2) is 6.47. The van der Waals surface area contributed by atoms with Gasteiger partial charge >= 0.3 is 5.97 Å². The number of carbonyl (C=O) groups excluding carboxylic acids is 1. The van der Waals surface area contributed by atoms with E-state index in [-0.39, 0.29) is 11.5 Å². The molecule has 0 aliphatic heterocycles. The largest absolute Gasteiger partial charge is 0.478 e. The van der Waals surface area contributed by atoms with E-state index < -0.39 is 5.97 Å². The zero-order chi connectivity index (χ0) is 14.5. The van der Waals surface area contributed by atoms with Gasteiger partial charge in [0.1, 0.15) is 0 Å². The molecule has 2 N–H and O–H groups in total. The van der Waals surface area contributed by atoms with Crippen molar-refractivity contribution in [2.24, 2.45) is 0 Å². The fourth-order valence-corrected chi connectivity index (χ4v) is 2.75. The summed E-state index contributed by atoms with van der Waals surface area (Å²) in [7, 11) is 0. The van der Waals surface area contributed by atoms with E-state index in [0.717, 1.165) is 24.0 Å². The Morgan fingerprint density at radius 1 is 1.35 bits per heavy atom. The van der Waals surface area contributed by atoms with E-state index in [2.05, 4.69) is 17.2 Å². The van der Waals surface area contributed by atoms with Crippen LogP contribution >= 0.6 is 11.3 Å². The number of amides is 1. The first kappa shape index (κ1) is 14.5. The Morgan fingerprint density at radius 2 is 2.15 bits per heavy atom. The van der Waals surface area contributed by atoms with Crippen molar-refractivity contribution in [1.29, 1.82) is 0 Å². The number of benzene rings is 1. The van der Waals surface area contributed by atoms with Crippen LogP contribution in [0.2, 0.25) is 0 Å². The van der Waals surface area contributed by atoms with E-state index in [1.54, 1.807) is 12.1 Å². The summed E-state index contributed by atoms with van der Waals surface area (Å²) >= 11 is 1.29. The minimum atomic E-state index is -0.967. The number of fused-ring (bicyclic) bond motifs is 1. The minimum Gasteiger partial charge on any atom is -0.478 e. The number of hydrogen-bond acceptors (Lipinski definition) is 4. The molecule has 20 heavy (non-hydrogen) atoms. The van der Waals surface area contributed by atoms with Crippen LogP contribution in [0.5, 0.6) is 0 Å². The smallest absolute Gasteiger partial charge is 0.335 e. The maximum atomic E-state index is 11.7. The van der Waals surface area contributed by atoms with Crippen LogP contribution in [0.4, 0.5) is 5.13 Å². The molecule has 0 saturated heterocycles. The Balaban J connectivity index is 2.08. The second-order valence-corrected chi connectivity index (χ2v) is 5.54. The molecule has 5 nitrogen and oxygen atoms in total. The van der Waals surface area contributed by atoms with Gasteiger partial charge in [0.2, 0.25) is 5.91 Å². The number of thiazole rings is 1. The number of carboxylic acids is 1. The molecule has 106 valence electrons. The molecule has 1 aromatic heterocycles. The van der Waals surface area contributed by atoms with Crippen LogP contribution in [0.25, 0.3) is 10.2 Å². The Hall–Kier alpha value is -1.95. The maximum absolute atomic E-state index is 11.7. The summed E-state index contributed by atoms with van der Waals surface area (Å²) in [6.07, 6.45) is 3.47. The van der Waals surface area contributed by atoms with Crippen LogP contribution in [-0.4, -0.2) is 22.0 Å². The lowest BCUT2D eigenvalue weighted by Crippen LogP contribution is -2.10. The van der Waals surface area contributed by atoms with Crippen LogP contribution < -0.4 is 5.32 Å². The van der Waals surface area contributed by atoms with Crippen molar-refractivity contribution in [3.8, 4) is 0 Å². The number of anilines is 1. The monoisotopic (exact) mass is 292 g/mol. The standard InChI is InChI=1S/C14H16N2O3S/c1-2-3-4-5-12(17)16-14-15-10-7-6-9(13(18)19)8-11(10)20-14/h6-8H,2-5H2,1H3,(H,18,19)(H,15,16,17). The van der Waals surface area contributed by atoms with Gasteiger partial charge in [0.05, 0.1) is 15.8 Å². The number of carboxylic acid groups (broad SMARTS) is 1. The first-order valence-corrected chi connectivity index (χ1v) is 7.35. The quantitative estimate of drug-likeness (QED) is 0.798. The third-order valence-electron chi connectivity index (χ3n) is 2.89. The van der Waals surface area contributed by atoms with Crippen molar-refractivity contribution in [3.63, 3.8) is 0 Å². The second-order valence-electron chi connectivity index (χ2n) is 4.51. The summed E-state index contributed by atoms with van der Waals surface area (Å²) in [5.74, 6) is -1.01. The summed E-state index contributed by atoms with van der Waals surface area (Å²) in [6.45, 7) is 2.09. The third-order valence-corrected chi connectivity index (χ3v) is 3.82. The SMILES string of the molecule is CCCCCC(=O)Nc1nc2ccc(C(=O)O)cc2s1. The summed E-state index contributed by atoms with van der Waals surface area (Å²) in [6, 6.07) is 4.74. The maximum Gasteiger partial charge on any atom is 0.335 e. The van der Waals surface area contributed by atoms with Crippen molar-refractivity contribution < 1.29 is 14.7 Å². The number of nitrogens with one attached hydrogen (secondary N) is 1. The Kier molecular flexibility index (Phi) is 4.68. The molecule has 0 atom stereocenters. The molecule has 2 rings (SSSR count). The Morgan fingerprint density at radius 3 is 2.85 bits per heavy atom. The average molecular weight is 292 g/mol. The van der Waals surface area contributed by atoms with Gasteiger partial charge in [-0.05, 0) is 24.6 Å². The van der Waals surface area contributed by atoms with E-state index in [0.29, 0.717) is 17.1 Å². The molecule has 0 saturated carbocycles. The number of unbranched alkanes of at least 4 members (excludes halogenated alkanes) is 2. The molecule has 0 spiro atoms. The van der Waals surface area contributed by atoms with Gasteiger partial charge in [0.15, 0.2) is 5.13 Å². The topological polar surface area (TPSA) is 79.3 Å². The van der Waals surface area contributed by atoms with Crippen LogP contribution in [-0.2, 0) is 4.79 Å². The molecule has 2 aromatic rings. The highest BCUT2D eigenvalue weighted by molar-refractivity contribution is 7.22. The van der Waals surface area contributed by atoms with Gasteiger partial charge in [-0.3, -0.25) is 4.79 Å². The minimum absolute atomic E-state index is 0.0454. The van der Waals surface area contributed by atoms with E-state index in [1.165, 1.54) is 17.4 Å². The van der Waals surface area contributed by atoms with Gasteiger partial charge < -0.3 is 10.4 Å². The number of aromatic carboxylic acids is 1. The first-order valence-electron chi connectivity index (χ1n) is 6.54. The fourth-order valence-electron chi connectivity index (χ4n) is 1.83. The van der Waals surface area contributed by atoms with Gasteiger partial charge in [-0.1, -0.05) is 31.1 Å². The summed E-state index contributed by atoms with van der Waals surface area (Å²) in [4.78, 5) is 26.9. The number of carbonyl (C=O) groups is 2. The first-order chi connectivity index (χ1) is 9.60. The molecule has 0 radical (unpaired) electrons. The molecule has 1 aromatic carbocycles. The highest BCUT2D eigenvalue weighted by atomic mass is 32.1. The molecular formula is C14H16N2O3S. The van der Waals surface area contributed by atoms with Crippen LogP contribution in [0.1, 0.15) is 43.0 Å². The highest BCUT2D eigenvalue weighted by Gasteiger charge is 2.10. The van der Waals surface area contributed by atoms with Crippen molar-refractivity contribution in [2.75, 3.05) is 5.32 Å². The zero-order valence-corrected chi connectivity index (χ0v) is 12.0. The number of rotatable bonds is 6. The molecule has 0 bridgehead atoms. The van der Waals surface area contributed by atoms with Crippen LogP contribution in [0.15, 0.2) is 18.2 Å². The van der Waals surface area contributed by atoms with Crippen molar-refractivity contribution >= 4 is 38.6 Å². The summed E-state index contributed by atoms with van der Waals surface area (Å²) < 4.78 is 0.758. The summed E-state index contributed by atoms with van der Waals surface area (Å²) in [5.41, 5.74) is 0.922. The van der Waals surface area contributed by atoms with E-state index in [4.69, 9.17) is 5.11 Å². The lowest BCUT2D eigenvalue weighted by atomic mass is 10.2. The predicted molar refractivity (Wildman–Crippen MR) is 79.4 cm³/mol. The molecule has 0 fully saturated rings. The van der Waals surface area contributed by atoms with Crippen molar-refractivity contribution in [3.05, 3.63) is 23.8 Å². The predicted octanol–water partition coefficient (Wildman–Crippen LogP) is 3.51. The number of nitrogens with zero attached hydrogens (tertiary/aromatic N) is 1. The molecule has 0 aliphatic rings. The number of hydrogen-bond donors (Lipinski definition) is 2. The zero-order valence-electron chi connectivity index (χ0n) is 11.2. The van der Waals surface area contributed by atoms with Crippen LogP contribution in [0.3, 0.4) is 0 Å². The van der Waals surface area contributed by atoms with Gasteiger partial charge in [-0.2, -0.15) is 0 Å². The lowest BCUT2D eigenvalue weighted by molar-refractivity contribution is -0.116. The summed E-state index contributed by atoms with van der Waals surface area (Å²) in [5, 5.41) is 12.2. The average Bonchev–Trinajstić information content (AvgIpc) is 2.79. The molecule has 6 heteroatoms. The lowest BCUT2D eigenvalue weighted by Gasteiger charge is -1.99. The molecule has 1 heterocycles. The molecule has 0 unspecified atom stereocenters. The van der Waals surface area contributed by atoms with E-state index in [9.17, 15) is 9.59 Å². The van der Waals surface area contributed by atoms with Crippen LogP contribution in [0, 0.1) is 0 Å². The van der Waals surface area contributed by atoms with Gasteiger partial charge in [0, 0.05) is 6.42 Å². The fraction of sp³-hybridized carbons (Fsp3) is 0.357.